The van der Waals surface area contributed by atoms with E-state index < -0.39 is 0 Å². The molecule has 94 valence electrons. The Labute approximate surface area is 105 Å². The lowest BCUT2D eigenvalue weighted by Gasteiger charge is -2.04. The summed E-state index contributed by atoms with van der Waals surface area (Å²) in [6.45, 7) is 2.51. The highest BCUT2D eigenvalue weighted by molar-refractivity contribution is 6.03. The van der Waals surface area contributed by atoms with Gasteiger partial charge in [-0.3, -0.25) is 9.48 Å². The molecule has 0 aliphatic heterocycles. The lowest BCUT2D eigenvalue weighted by molar-refractivity contribution is 0.102. The fourth-order valence-electron chi connectivity index (χ4n) is 1.46. The lowest BCUT2D eigenvalue weighted by Crippen LogP contribution is -2.12. The van der Waals surface area contributed by atoms with Crippen molar-refractivity contribution in [2.24, 2.45) is 7.05 Å². The van der Waals surface area contributed by atoms with Crippen molar-refractivity contribution in [3.05, 3.63) is 36.0 Å². The first-order valence-corrected chi connectivity index (χ1v) is 5.59. The van der Waals surface area contributed by atoms with Crippen LogP contribution in [0.3, 0.4) is 0 Å². The zero-order chi connectivity index (χ0) is 13.0. The second-order valence-electron chi connectivity index (χ2n) is 3.69. The van der Waals surface area contributed by atoms with E-state index >= 15 is 0 Å². The van der Waals surface area contributed by atoms with Crippen molar-refractivity contribution in [1.29, 1.82) is 0 Å². The largest absolute Gasteiger partial charge is 0.494 e. The number of rotatable bonds is 4. The van der Waals surface area contributed by atoms with Gasteiger partial charge in [-0.2, -0.15) is 0 Å². The van der Waals surface area contributed by atoms with Crippen LogP contribution in [-0.4, -0.2) is 27.5 Å². The normalized spacial score (nSPS) is 10.1. The van der Waals surface area contributed by atoms with Crippen LogP contribution < -0.4 is 10.1 Å². The van der Waals surface area contributed by atoms with Crippen LogP contribution >= 0.6 is 0 Å². The molecule has 0 spiro atoms. The molecule has 0 bridgehead atoms. The summed E-state index contributed by atoms with van der Waals surface area (Å²) in [7, 11) is 1.74. The quantitative estimate of drug-likeness (QED) is 0.886. The Hall–Kier alpha value is -2.37. The number of carbonyl (C=O) groups is 1. The van der Waals surface area contributed by atoms with Gasteiger partial charge in [0, 0.05) is 12.6 Å². The molecule has 0 aliphatic carbocycles. The van der Waals surface area contributed by atoms with Gasteiger partial charge in [-0.25, -0.2) is 0 Å². The van der Waals surface area contributed by atoms with Crippen molar-refractivity contribution in [3.8, 4) is 5.75 Å². The highest BCUT2D eigenvalue weighted by atomic mass is 16.5. The number of ether oxygens (including phenoxy) is 1. The molecule has 0 atom stereocenters. The zero-order valence-electron chi connectivity index (χ0n) is 10.3. The summed E-state index contributed by atoms with van der Waals surface area (Å²) in [6.07, 6.45) is 1.63. The third-order valence-electron chi connectivity index (χ3n) is 2.27. The molecule has 0 aliphatic rings. The topological polar surface area (TPSA) is 69.0 Å². The van der Waals surface area contributed by atoms with Gasteiger partial charge in [-0.15, -0.1) is 5.10 Å². The van der Waals surface area contributed by atoms with E-state index in [0.717, 1.165) is 5.75 Å². The van der Waals surface area contributed by atoms with Crippen LogP contribution in [0.2, 0.25) is 0 Å². The predicted molar refractivity (Wildman–Crippen MR) is 66.6 cm³/mol. The lowest BCUT2D eigenvalue weighted by atomic mass is 10.2. The second-order valence-corrected chi connectivity index (χ2v) is 3.69. The Bertz CT molecular complexity index is 533. The molecular weight excluding hydrogens is 232 g/mol. The number of nitrogens with one attached hydrogen (secondary N) is 1. The van der Waals surface area contributed by atoms with Crippen LogP contribution in [0.4, 0.5) is 5.82 Å². The summed E-state index contributed by atoms with van der Waals surface area (Å²) in [4.78, 5) is 11.9. The van der Waals surface area contributed by atoms with E-state index in [4.69, 9.17) is 4.74 Å². The minimum Gasteiger partial charge on any atom is -0.494 e. The summed E-state index contributed by atoms with van der Waals surface area (Å²) < 4.78 is 6.83. The number of benzene rings is 1. The van der Waals surface area contributed by atoms with Crippen molar-refractivity contribution in [3.63, 3.8) is 0 Å². The first kappa shape index (κ1) is 12.1. The molecule has 1 aromatic carbocycles. The molecule has 1 N–H and O–H groups in total. The van der Waals surface area contributed by atoms with E-state index in [2.05, 4.69) is 15.6 Å². The maximum atomic E-state index is 11.9. The number of hydrogen-bond donors (Lipinski definition) is 1. The van der Waals surface area contributed by atoms with Crippen LogP contribution in [0.15, 0.2) is 30.5 Å². The molecule has 0 saturated heterocycles. The van der Waals surface area contributed by atoms with E-state index in [1.54, 1.807) is 37.5 Å². The number of anilines is 1. The van der Waals surface area contributed by atoms with Gasteiger partial charge in [0.25, 0.3) is 5.91 Å². The Morgan fingerprint density at radius 3 is 2.67 bits per heavy atom. The van der Waals surface area contributed by atoms with Gasteiger partial charge >= 0.3 is 0 Å². The molecule has 2 rings (SSSR count). The minimum atomic E-state index is -0.224. The number of carbonyl (C=O) groups excluding carboxylic acids is 1. The van der Waals surface area contributed by atoms with Gasteiger partial charge in [0.2, 0.25) is 0 Å². The molecular formula is C12H14N4O2. The maximum Gasteiger partial charge on any atom is 0.256 e. The predicted octanol–water partition coefficient (Wildman–Crippen LogP) is 1.47. The first-order valence-electron chi connectivity index (χ1n) is 5.59. The summed E-state index contributed by atoms with van der Waals surface area (Å²) in [5.41, 5.74) is 0.545. The Morgan fingerprint density at radius 2 is 2.11 bits per heavy atom. The first-order chi connectivity index (χ1) is 8.69. The van der Waals surface area contributed by atoms with Crippen LogP contribution in [0, 0.1) is 0 Å². The fourth-order valence-corrected chi connectivity index (χ4v) is 1.46. The molecule has 18 heavy (non-hydrogen) atoms. The minimum absolute atomic E-state index is 0.224. The second kappa shape index (κ2) is 5.31. The number of aromatic nitrogens is 3. The summed E-state index contributed by atoms with van der Waals surface area (Å²) >= 11 is 0. The van der Waals surface area contributed by atoms with Gasteiger partial charge in [0.05, 0.1) is 12.8 Å². The molecule has 0 saturated carbocycles. The van der Waals surface area contributed by atoms with Crippen molar-refractivity contribution < 1.29 is 9.53 Å². The molecule has 6 heteroatoms. The summed E-state index contributed by atoms with van der Waals surface area (Å²) in [6, 6.07) is 6.93. The van der Waals surface area contributed by atoms with Gasteiger partial charge in [0.1, 0.15) is 5.75 Å². The molecule has 1 heterocycles. The monoisotopic (exact) mass is 246 g/mol. The van der Waals surface area contributed by atoms with Crippen molar-refractivity contribution in [2.75, 3.05) is 11.9 Å². The van der Waals surface area contributed by atoms with Crippen molar-refractivity contribution in [1.82, 2.24) is 15.0 Å². The molecule has 0 fully saturated rings. The summed E-state index contributed by atoms with van der Waals surface area (Å²) in [5.74, 6) is 0.948. The van der Waals surface area contributed by atoms with Crippen LogP contribution in [0.25, 0.3) is 0 Å². The van der Waals surface area contributed by atoms with Crippen LogP contribution in [0.5, 0.6) is 5.75 Å². The average Bonchev–Trinajstić information content (AvgIpc) is 2.76. The van der Waals surface area contributed by atoms with Gasteiger partial charge < -0.3 is 10.1 Å². The molecule has 6 nitrogen and oxygen atoms in total. The van der Waals surface area contributed by atoms with Gasteiger partial charge in [-0.1, -0.05) is 5.21 Å². The smallest absolute Gasteiger partial charge is 0.256 e. The number of aryl methyl sites for hydroxylation is 1. The summed E-state index contributed by atoms with van der Waals surface area (Å²) in [5, 5.41) is 10.2. The van der Waals surface area contributed by atoms with E-state index in [0.29, 0.717) is 18.0 Å². The third kappa shape index (κ3) is 2.85. The van der Waals surface area contributed by atoms with E-state index in [9.17, 15) is 4.79 Å². The Morgan fingerprint density at radius 1 is 1.39 bits per heavy atom. The van der Waals surface area contributed by atoms with Crippen molar-refractivity contribution >= 4 is 11.7 Å². The van der Waals surface area contributed by atoms with E-state index in [1.165, 1.54) is 4.68 Å². The highest BCUT2D eigenvalue weighted by Crippen LogP contribution is 2.13. The number of hydrogen-bond acceptors (Lipinski definition) is 4. The highest BCUT2D eigenvalue weighted by Gasteiger charge is 2.08. The van der Waals surface area contributed by atoms with Crippen LogP contribution in [-0.2, 0) is 7.05 Å². The molecule has 0 unspecified atom stereocenters. The molecule has 1 aromatic heterocycles. The number of amides is 1. The number of nitrogens with zero attached hydrogens (tertiary/aromatic N) is 3. The van der Waals surface area contributed by atoms with E-state index in [-0.39, 0.29) is 5.91 Å². The maximum absolute atomic E-state index is 11.9. The molecule has 1 amide bonds. The van der Waals surface area contributed by atoms with E-state index in [1.807, 2.05) is 6.92 Å². The Kier molecular flexibility index (Phi) is 3.57. The standard InChI is InChI=1S/C12H14N4O2/c1-3-18-10-6-4-9(5-7-10)12(17)13-11-8-16(2)15-14-11/h4-8H,3H2,1-2H3,(H,13,17). The average molecular weight is 246 g/mol. The van der Waals surface area contributed by atoms with Gasteiger partial charge in [0.15, 0.2) is 5.82 Å². The molecule has 2 aromatic rings. The zero-order valence-corrected chi connectivity index (χ0v) is 10.3. The SMILES string of the molecule is CCOc1ccc(C(=O)Nc2cn(C)nn2)cc1. The van der Waals surface area contributed by atoms with Gasteiger partial charge in [-0.05, 0) is 31.2 Å². The fraction of sp³-hybridized carbons (Fsp3) is 0.250. The third-order valence-corrected chi connectivity index (χ3v) is 2.27. The van der Waals surface area contributed by atoms with Crippen LogP contribution in [0.1, 0.15) is 17.3 Å². The molecule has 0 radical (unpaired) electrons. The Balaban J connectivity index is 2.04. The van der Waals surface area contributed by atoms with Crippen molar-refractivity contribution in [2.45, 2.75) is 6.92 Å².